The van der Waals surface area contributed by atoms with Crippen LogP contribution in [0, 0.1) is 18.8 Å². The van der Waals surface area contributed by atoms with E-state index in [4.69, 9.17) is 5.73 Å². The third-order valence-electron chi connectivity index (χ3n) is 10.6. The van der Waals surface area contributed by atoms with E-state index in [0.29, 0.717) is 42.0 Å². The molecular weight excluding hydrogens is 642 g/mol. The van der Waals surface area contributed by atoms with Crippen LogP contribution in [0.4, 0.5) is 5.69 Å². The average Bonchev–Trinajstić information content (AvgIpc) is 3.71. The molecule has 0 bridgehead atoms. The van der Waals surface area contributed by atoms with E-state index in [0.717, 1.165) is 79.2 Å². The monoisotopic (exact) mass is 691 g/mol. The number of nitrogens with zero attached hydrogens (tertiary/aromatic N) is 3. The average molecular weight is 692 g/mol. The molecule has 0 saturated heterocycles. The maximum absolute atomic E-state index is 13.7. The highest BCUT2D eigenvalue weighted by atomic mass is 16.2. The molecule has 12 heteroatoms. The maximum Gasteiger partial charge on any atom is 0.251 e. The Kier molecular flexibility index (Phi) is 11.8. The highest BCUT2D eigenvalue weighted by Gasteiger charge is 2.29. The third-order valence-corrected chi connectivity index (χ3v) is 10.6. The number of aromatic nitrogens is 4. The number of hydrogen-bond acceptors (Lipinski definition) is 8. The van der Waals surface area contributed by atoms with E-state index in [2.05, 4.69) is 41.9 Å². The van der Waals surface area contributed by atoms with Gasteiger partial charge in [0, 0.05) is 41.2 Å². The van der Waals surface area contributed by atoms with Crippen molar-refractivity contribution in [2.45, 2.75) is 82.8 Å². The molecule has 3 amide bonds. The minimum absolute atomic E-state index is 0.0328. The van der Waals surface area contributed by atoms with Crippen LogP contribution >= 0.6 is 0 Å². The molecule has 51 heavy (non-hydrogen) atoms. The Labute approximate surface area is 299 Å². The summed E-state index contributed by atoms with van der Waals surface area (Å²) in [5, 5.41) is 26.6. The van der Waals surface area contributed by atoms with E-state index < -0.39 is 6.04 Å². The topological polar surface area (TPSA) is 180 Å². The number of anilines is 1. The zero-order valence-corrected chi connectivity index (χ0v) is 29.5. The fraction of sp³-hybridized carbons (Fsp3) is 0.436. The van der Waals surface area contributed by atoms with E-state index in [1.807, 2.05) is 56.4 Å². The molecule has 2 aliphatic carbocycles. The molecule has 2 fully saturated rings. The number of amides is 3. The fourth-order valence-corrected chi connectivity index (χ4v) is 7.36. The Bertz CT molecular complexity index is 1760. The predicted molar refractivity (Wildman–Crippen MR) is 198 cm³/mol. The van der Waals surface area contributed by atoms with Gasteiger partial charge in [-0.2, -0.15) is 5.21 Å². The van der Waals surface area contributed by atoms with Gasteiger partial charge in [0.25, 0.3) is 5.91 Å². The van der Waals surface area contributed by atoms with Crippen LogP contribution in [0.5, 0.6) is 0 Å². The van der Waals surface area contributed by atoms with Crippen LogP contribution in [-0.2, 0) is 16.0 Å². The van der Waals surface area contributed by atoms with E-state index in [1.165, 1.54) is 0 Å². The van der Waals surface area contributed by atoms with Gasteiger partial charge in [0.05, 0.1) is 0 Å². The first-order chi connectivity index (χ1) is 24.8. The maximum atomic E-state index is 13.7. The fourth-order valence-electron chi connectivity index (χ4n) is 7.36. The molecule has 268 valence electrons. The predicted octanol–water partition coefficient (Wildman–Crippen LogP) is 4.53. The van der Waals surface area contributed by atoms with Crippen molar-refractivity contribution in [3.05, 3.63) is 83.4 Å². The van der Waals surface area contributed by atoms with Crippen molar-refractivity contribution in [2.75, 3.05) is 18.9 Å². The number of benzene rings is 3. The Morgan fingerprint density at radius 3 is 2.18 bits per heavy atom. The molecule has 0 radical (unpaired) electrons. The van der Waals surface area contributed by atoms with Gasteiger partial charge in [-0.25, -0.2) is 0 Å². The van der Waals surface area contributed by atoms with Gasteiger partial charge in [0.2, 0.25) is 17.6 Å². The van der Waals surface area contributed by atoms with Crippen LogP contribution < -0.4 is 27.0 Å². The van der Waals surface area contributed by atoms with E-state index >= 15 is 0 Å². The van der Waals surface area contributed by atoms with Crippen LogP contribution in [0.15, 0.2) is 66.7 Å². The quantitative estimate of drug-likeness (QED) is 0.125. The molecule has 2 saturated carbocycles. The van der Waals surface area contributed by atoms with Gasteiger partial charge in [-0.05, 0) is 142 Å². The lowest BCUT2D eigenvalue weighted by Gasteiger charge is -2.28. The van der Waals surface area contributed by atoms with Gasteiger partial charge in [-0.3, -0.25) is 14.4 Å². The number of carbonyl (C=O) groups is 3. The number of carbonyl (C=O) groups excluding carboxylic acids is 3. The first-order valence-electron chi connectivity index (χ1n) is 18.1. The summed E-state index contributed by atoms with van der Waals surface area (Å²) in [6.45, 7) is 2.65. The zero-order chi connectivity index (χ0) is 35.7. The molecule has 1 aromatic heterocycles. The summed E-state index contributed by atoms with van der Waals surface area (Å²) < 4.78 is 0. The van der Waals surface area contributed by atoms with Crippen LogP contribution in [-0.4, -0.2) is 70.1 Å². The molecular formula is C39H49N9O3. The molecule has 0 spiro atoms. The number of H-pyrrole nitrogens is 1. The minimum atomic E-state index is -0.778. The van der Waals surface area contributed by atoms with E-state index in [9.17, 15) is 14.4 Å². The van der Waals surface area contributed by atoms with Crippen LogP contribution in [0.25, 0.3) is 22.5 Å². The van der Waals surface area contributed by atoms with Crippen molar-refractivity contribution in [1.29, 1.82) is 0 Å². The van der Waals surface area contributed by atoms with Crippen LogP contribution in [0.1, 0.15) is 72.9 Å². The van der Waals surface area contributed by atoms with Crippen molar-refractivity contribution in [3.63, 3.8) is 0 Å². The van der Waals surface area contributed by atoms with Crippen molar-refractivity contribution in [2.24, 2.45) is 17.6 Å². The Morgan fingerprint density at radius 1 is 0.863 bits per heavy atom. The summed E-state index contributed by atoms with van der Waals surface area (Å²) in [5.41, 5.74) is 11.9. The van der Waals surface area contributed by atoms with Crippen molar-refractivity contribution >= 4 is 23.4 Å². The van der Waals surface area contributed by atoms with Gasteiger partial charge >= 0.3 is 0 Å². The smallest absolute Gasteiger partial charge is 0.251 e. The molecule has 4 aromatic rings. The Morgan fingerprint density at radius 2 is 1.55 bits per heavy atom. The van der Waals surface area contributed by atoms with Crippen molar-refractivity contribution in [1.82, 2.24) is 36.6 Å². The first-order valence-corrected chi connectivity index (χ1v) is 18.1. The van der Waals surface area contributed by atoms with E-state index in [1.54, 1.807) is 24.3 Å². The molecule has 1 heterocycles. The second kappa shape index (κ2) is 16.8. The van der Waals surface area contributed by atoms with Crippen LogP contribution in [0.2, 0.25) is 0 Å². The summed E-state index contributed by atoms with van der Waals surface area (Å²) in [7, 11) is 2.00. The van der Waals surface area contributed by atoms with Crippen LogP contribution in [0.3, 0.4) is 0 Å². The second-order valence-electron chi connectivity index (χ2n) is 14.1. The number of hydrogen-bond donors (Lipinski definition) is 6. The van der Waals surface area contributed by atoms with Gasteiger partial charge < -0.3 is 27.0 Å². The summed E-state index contributed by atoms with van der Waals surface area (Å²) in [6, 6.07) is 21.0. The van der Waals surface area contributed by atoms with Gasteiger partial charge in [0.15, 0.2) is 0 Å². The number of tetrazole rings is 1. The zero-order valence-electron chi connectivity index (χ0n) is 29.5. The standard InChI is InChI=1S/C39H49N9O3/c1-24-21-30(38(50)42-33-18-16-31(41-2)17-19-33)13-20-34(24)27-7-3-25(4-8-27)22-35(44-37(49)29-9-5-26(23-40)6-10-29)39(51)43-32-14-11-28(12-15-32)36-45-47-48-46-36/h3-4,7-8,11-15,20-21,26,29,31,33,35,41H,5-6,9-10,16-19,22-23,40H2,1-2H3,(H,42,50)(H,43,51)(H,44,49)(H,45,46,47,48)/t26?,29?,31?,33?,35-/m0/s1. The largest absolute Gasteiger partial charge is 0.349 e. The van der Waals surface area contributed by atoms with Gasteiger partial charge in [-0.1, -0.05) is 30.3 Å². The molecule has 2 aliphatic rings. The molecule has 6 rings (SSSR count). The molecule has 1 atom stereocenters. The summed E-state index contributed by atoms with van der Waals surface area (Å²) in [6.07, 6.45) is 7.81. The number of aromatic amines is 1. The summed E-state index contributed by atoms with van der Waals surface area (Å²) in [4.78, 5) is 40.2. The number of rotatable bonds is 12. The first kappa shape index (κ1) is 35.9. The second-order valence-corrected chi connectivity index (χ2v) is 14.1. The van der Waals surface area contributed by atoms with Crippen molar-refractivity contribution in [3.8, 4) is 22.5 Å². The highest BCUT2D eigenvalue weighted by Crippen LogP contribution is 2.29. The molecule has 3 aromatic carbocycles. The summed E-state index contributed by atoms with van der Waals surface area (Å²) in [5.74, 6) is 0.346. The highest BCUT2D eigenvalue weighted by molar-refractivity contribution is 5.98. The minimum Gasteiger partial charge on any atom is -0.349 e. The summed E-state index contributed by atoms with van der Waals surface area (Å²) >= 11 is 0. The lowest BCUT2D eigenvalue weighted by molar-refractivity contribution is -0.130. The lowest BCUT2D eigenvalue weighted by Crippen LogP contribution is -2.48. The van der Waals surface area contributed by atoms with Crippen molar-refractivity contribution < 1.29 is 14.4 Å². The Balaban J connectivity index is 1.12. The Hall–Kier alpha value is -4.94. The number of nitrogens with two attached hydrogens (primary N) is 1. The normalized spacial score (nSPS) is 21.0. The van der Waals surface area contributed by atoms with E-state index in [-0.39, 0.29) is 29.7 Å². The molecule has 12 nitrogen and oxygen atoms in total. The lowest BCUT2D eigenvalue weighted by atomic mass is 9.81. The number of nitrogens with one attached hydrogen (secondary N) is 5. The van der Waals surface area contributed by atoms with Gasteiger partial charge in [0.1, 0.15) is 6.04 Å². The third kappa shape index (κ3) is 9.25. The molecule has 0 aliphatic heterocycles. The molecule has 7 N–H and O–H groups in total. The molecule has 0 unspecified atom stereocenters. The van der Waals surface area contributed by atoms with Gasteiger partial charge in [-0.15, -0.1) is 10.2 Å². The number of aryl methyl sites for hydroxylation is 1. The SMILES string of the molecule is CNC1CCC(NC(=O)c2ccc(-c3ccc(C[C@H](NC(=O)C4CCC(CN)CC4)C(=O)Nc4ccc(-c5nn[nH]n5)cc4)cc3)c(C)c2)CC1.